The Hall–Kier alpha value is -0.570. The first-order valence-electron chi connectivity index (χ1n) is 6.13. The van der Waals surface area contributed by atoms with E-state index in [0.29, 0.717) is 18.4 Å². The number of hydrogen-bond donors (Lipinski definition) is 2. The second-order valence-electron chi connectivity index (χ2n) is 4.98. The highest BCUT2D eigenvalue weighted by Crippen LogP contribution is 2.23. The number of hydrogen-bond acceptors (Lipinski definition) is 2. The van der Waals surface area contributed by atoms with Crippen LogP contribution in [0.2, 0.25) is 0 Å². The Morgan fingerprint density at radius 2 is 2.00 bits per heavy atom. The molecule has 3 nitrogen and oxygen atoms in total. The molecule has 1 aliphatic rings. The van der Waals surface area contributed by atoms with Gasteiger partial charge in [-0.05, 0) is 24.7 Å². The minimum atomic E-state index is -0.0218. The Kier molecular flexibility index (Phi) is 5.09. The topological polar surface area (TPSA) is 55.1 Å². The van der Waals surface area contributed by atoms with E-state index in [-0.39, 0.29) is 11.8 Å². The first-order chi connectivity index (χ1) is 7.15. The van der Waals surface area contributed by atoms with Crippen LogP contribution < -0.4 is 11.1 Å². The van der Waals surface area contributed by atoms with E-state index >= 15 is 0 Å². The molecule has 15 heavy (non-hydrogen) atoms. The van der Waals surface area contributed by atoms with Crippen molar-refractivity contribution in [3.63, 3.8) is 0 Å². The van der Waals surface area contributed by atoms with Crippen molar-refractivity contribution in [2.45, 2.75) is 39.5 Å². The van der Waals surface area contributed by atoms with Crippen LogP contribution in [0.1, 0.15) is 39.5 Å². The highest BCUT2D eigenvalue weighted by Gasteiger charge is 2.22. The predicted molar refractivity (Wildman–Crippen MR) is 62.4 cm³/mol. The molecule has 88 valence electrons. The van der Waals surface area contributed by atoms with Gasteiger partial charge in [0.25, 0.3) is 0 Å². The molecular formula is C12H24N2O. The third-order valence-corrected chi connectivity index (χ3v) is 3.44. The van der Waals surface area contributed by atoms with Crippen molar-refractivity contribution in [3.8, 4) is 0 Å². The molecule has 0 bridgehead atoms. The van der Waals surface area contributed by atoms with Crippen LogP contribution in [-0.2, 0) is 4.79 Å². The van der Waals surface area contributed by atoms with Gasteiger partial charge in [0.15, 0.2) is 0 Å². The highest BCUT2D eigenvalue weighted by atomic mass is 16.1. The second kappa shape index (κ2) is 6.11. The molecule has 3 heteroatoms. The van der Waals surface area contributed by atoms with Crippen LogP contribution in [0.4, 0.5) is 0 Å². The summed E-state index contributed by atoms with van der Waals surface area (Å²) < 4.78 is 0. The van der Waals surface area contributed by atoms with Gasteiger partial charge in [-0.1, -0.05) is 26.7 Å². The van der Waals surface area contributed by atoms with Crippen LogP contribution in [0, 0.1) is 17.8 Å². The van der Waals surface area contributed by atoms with Crippen LogP contribution >= 0.6 is 0 Å². The van der Waals surface area contributed by atoms with E-state index in [9.17, 15) is 4.79 Å². The zero-order chi connectivity index (χ0) is 11.3. The van der Waals surface area contributed by atoms with E-state index in [4.69, 9.17) is 5.73 Å². The fourth-order valence-corrected chi connectivity index (χ4v) is 2.27. The quantitative estimate of drug-likeness (QED) is 0.726. The standard InChI is InChI=1S/C12H24N2O/c1-9(2)11(7-13)12(15)14-8-10-5-3-4-6-10/h9-11H,3-8,13H2,1-2H3,(H,14,15). The van der Waals surface area contributed by atoms with Crippen LogP contribution in [0.3, 0.4) is 0 Å². The maximum Gasteiger partial charge on any atom is 0.224 e. The van der Waals surface area contributed by atoms with Gasteiger partial charge < -0.3 is 11.1 Å². The fourth-order valence-electron chi connectivity index (χ4n) is 2.27. The monoisotopic (exact) mass is 212 g/mol. The lowest BCUT2D eigenvalue weighted by atomic mass is 9.95. The average molecular weight is 212 g/mol. The van der Waals surface area contributed by atoms with Crippen molar-refractivity contribution in [2.75, 3.05) is 13.1 Å². The molecule has 0 aromatic heterocycles. The molecule has 1 aliphatic carbocycles. The van der Waals surface area contributed by atoms with Crippen molar-refractivity contribution in [2.24, 2.45) is 23.5 Å². The van der Waals surface area contributed by atoms with Crippen molar-refractivity contribution in [1.29, 1.82) is 0 Å². The molecule has 1 saturated carbocycles. The highest BCUT2D eigenvalue weighted by molar-refractivity contribution is 5.79. The number of carbonyl (C=O) groups excluding carboxylic acids is 1. The Labute approximate surface area is 92.8 Å². The molecule has 0 saturated heterocycles. The van der Waals surface area contributed by atoms with E-state index in [1.807, 2.05) is 13.8 Å². The van der Waals surface area contributed by atoms with Gasteiger partial charge in [0.1, 0.15) is 0 Å². The minimum absolute atomic E-state index is 0.0218. The molecule has 1 atom stereocenters. The van der Waals surface area contributed by atoms with Gasteiger partial charge in [0.05, 0.1) is 5.92 Å². The van der Waals surface area contributed by atoms with E-state index < -0.39 is 0 Å². The minimum Gasteiger partial charge on any atom is -0.356 e. The molecule has 0 radical (unpaired) electrons. The van der Waals surface area contributed by atoms with E-state index in [2.05, 4.69) is 5.32 Å². The maximum atomic E-state index is 11.8. The van der Waals surface area contributed by atoms with E-state index in [1.54, 1.807) is 0 Å². The van der Waals surface area contributed by atoms with Gasteiger partial charge >= 0.3 is 0 Å². The molecule has 1 fully saturated rings. The molecule has 0 aromatic carbocycles. The van der Waals surface area contributed by atoms with E-state index in [1.165, 1.54) is 25.7 Å². The van der Waals surface area contributed by atoms with Gasteiger partial charge in [-0.25, -0.2) is 0 Å². The zero-order valence-electron chi connectivity index (χ0n) is 9.96. The van der Waals surface area contributed by atoms with Crippen molar-refractivity contribution < 1.29 is 4.79 Å². The third kappa shape index (κ3) is 3.82. The molecule has 0 spiro atoms. The Morgan fingerprint density at radius 3 is 2.47 bits per heavy atom. The van der Waals surface area contributed by atoms with Gasteiger partial charge in [0.2, 0.25) is 5.91 Å². The largest absolute Gasteiger partial charge is 0.356 e. The summed E-state index contributed by atoms with van der Waals surface area (Å²) in [4.78, 5) is 11.8. The summed E-state index contributed by atoms with van der Waals surface area (Å²) in [5.74, 6) is 1.16. The van der Waals surface area contributed by atoms with Crippen molar-refractivity contribution in [1.82, 2.24) is 5.32 Å². The first-order valence-corrected chi connectivity index (χ1v) is 6.13. The van der Waals surface area contributed by atoms with Crippen LogP contribution in [0.5, 0.6) is 0 Å². The molecule has 0 heterocycles. The number of nitrogens with one attached hydrogen (secondary N) is 1. The maximum absolute atomic E-state index is 11.8. The van der Waals surface area contributed by atoms with Gasteiger partial charge in [0, 0.05) is 13.1 Å². The summed E-state index contributed by atoms with van der Waals surface area (Å²) in [7, 11) is 0. The van der Waals surface area contributed by atoms with Crippen LogP contribution in [0.25, 0.3) is 0 Å². The summed E-state index contributed by atoms with van der Waals surface area (Å²) in [6.07, 6.45) is 5.20. The Morgan fingerprint density at radius 1 is 1.40 bits per heavy atom. The average Bonchev–Trinajstić information content (AvgIpc) is 2.67. The SMILES string of the molecule is CC(C)C(CN)C(=O)NCC1CCCC1. The molecular weight excluding hydrogens is 188 g/mol. The predicted octanol–water partition coefficient (Wildman–Crippen LogP) is 1.52. The van der Waals surface area contributed by atoms with Crippen LogP contribution in [0.15, 0.2) is 0 Å². The molecule has 0 aliphatic heterocycles. The van der Waals surface area contributed by atoms with E-state index in [0.717, 1.165) is 6.54 Å². The van der Waals surface area contributed by atoms with Crippen molar-refractivity contribution in [3.05, 3.63) is 0 Å². The lowest BCUT2D eigenvalue weighted by Crippen LogP contribution is -2.39. The molecule has 3 N–H and O–H groups in total. The second-order valence-corrected chi connectivity index (χ2v) is 4.98. The third-order valence-electron chi connectivity index (χ3n) is 3.44. The molecule has 0 aromatic rings. The van der Waals surface area contributed by atoms with Crippen molar-refractivity contribution >= 4 is 5.91 Å². The number of nitrogens with two attached hydrogens (primary N) is 1. The summed E-state index contributed by atoms with van der Waals surface area (Å²) >= 11 is 0. The molecule has 1 amide bonds. The number of carbonyl (C=O) groups is 1. The number of rotatable bonds is 5. The summed E-state index contributed by atoms with van der Waals surface area (Å²) in [6, 6.07) is 0. The van der Waals surface area contributed by atoms with Gasteiger partial charge in [-0.3, -0.25) is 4.79 Å². The zero-order valence-corrected chi connectivity index (χ0v) is 9.96. The van der Waals surface area contributed by atoms with Crippen LogP contribution in [-0.4, -0.2) is 19.0 Å². The smallest absolute Gasteiger partial charge is 0.224 e. The summed E-state index contributed by atoms with van der Waals surface area (Å²) in [6.45, 7) is 5.40. The number of amides is 1. The fraction of sp³-hybridized carbons (Fsp3) is 0.917. The summed E-state index contributed by atoms with van der Waals surface area (Å²) in [5, 5.41) is 3.04. The van der Waals surface area contributed by atoms with Gasteiger partial charge in [-0.15, -0.1) is 0 Å². The Bertz CT molecular complexity index is 198. The summed E-state index contributed by atoms with van der Waals surface area (Å²) in [5.41, 5.74) is 5.60. The first kappa shape index (κ1) is 12.5. The molecule has 1 rings (SSSR count). The lowest BCUT2D eigenvalue weighted by Gasteiger charge is -2.19. The molecule has 1 unspecified atom stereocenters. The lowest BCUT2D eigenvalue weighted by molar-refractivity contribution is -0.126. The normalized spacial score (nSPS) is 19.5. The van der Waals surface area contributed by atoms with Gasteiger partial charge in [-0.2, -0.15) is 0 Å². The Balaban J connectivity index is 2.27.